The van der Waals surface area contributed by atoms with Crippen LogP contribution in [0.3, 0.4) is 0 Å². The fourth-order valence-electron chi connectivity index (χ4n) is 7.47. The Kier molecular flexibility index (Phi) is 8.09. The van der Waals surface area contributed by atoms with Gasteiger partial charge in [0.2, 0.25) is 5.69 Å². The SMILES string of the molecule is [C-]#[N+]c1cc2c(-c3ccccc3-c3cc(-c4ccccc4)nc(-c4ccccc4)n3)nc3ccccc3c2c2nc(-c3ccccc3)c(-c3ccccc3)nc12. The highest BCUT2D eigenvalue weighted by Crippen LogP contribution is 2.44. The molecule has 56 heavy (non-hydrogen) atoms. The van der Waals surface area contributed by atoms with Gasteiger partial charge in [-0.05, 0) is 18.2 Å². The Balaban J connectivity index is 1.29. The van der Waals surface area contributed by atoms with Gasteiger partial charge in [-0.2, -0.15) is 0 Å². The van der Waals surface area contributed by atoms with Gasteiger partial charge in [-0.3, -0.25) is 4.98 Å². The highest BCUT2D eigenvalue weighted by atomic mass is 14.9. The van der Waals surface area contributed by atoms with Crippen molar-refractivity contribution < 1.29 is 0 Å². The Morgan fingerprint density at radius 3 is 1.54 bits per heavy atom. The van der Waals surface area contributed by atoms with Gasteiger partial charge in [0.15, 0.2) is 5.82 Å². The van der Waals surface area contributed by atoms with Gasteiger partial charge in [-0.1, -0.05) is 164 Å². The van der Waals surface area contributed by atoms with Crippen LogP contribution in [-0.2, 0) is 0 Å². The number of pyridine rings is 1. The summed E-state index contributed by atoms with van der Waals surface area (Å²) in [5, 5.41) is 2.64. The minimum atomic E-state index is 0.410. The molecule has 0 aliphatic rings. The molecule has 3 heterocycles. The summed E-state index contributed by atoms with van der Waals surface area (Å²) in [6, 6.07) is 60.8. The number of nitrogens with zero attached hydrogens (tertiary/aromatic N) is 6. The fraction of sp³-hybridized carbons (Fsp3) is 0. The second kappa shape index (κ2) is 13.8. The van der Waals surface area contributed by atoms with Crippen LogP contribution in [-0.4, -0.2) is 24.9 Å². The van der Waals surface area contributed by atoms with E-state index in [9.17, 15) is 0 Å². The predicted molar refractivity (Wildman–Crippen MR) is 227 cm³/mol. The molecule has 0 unspecified atom stereocenters. The molecule has 0 aliphatic carbocycles. The molecule has 0 radical (unpaired) electrons. The molecule has 260 valence electrons. The third kappa shape index (κ3) is 5.72. The first kappa shape index (κ1) is 32.7. The maximum atomic E-state index is 8.44. The van der Waals surface area contributed by atoms with Crippen LogP contribution in [0.4, 0.5) is 5.69 Å². The lowest BCUT2D eigenvalue weighted by molar-refractivity contribution is 1.18. The van der Waals surface area contributed by atoms with E-state index in [4.69, 9.17) is 31.5 Å². The zero-order chi connectivity index (χ0) is 37.4. The van der Waals surface area contributed by atoms with Gasteiger partial charge >= 0.3 is 0 Å². The Labute approximate surface area is 323 Å². The Morgan fingerprint density at radius 2 is 0.893 bits per heavy atom. The van der Waals surface area contributed by atoms with E-state index in [2.05, 4.69) is 47.3 Å². The van der Waals surface area contributed by atoms with Crippen molar-refractivity contribution in [3.05, 3.63) is 193 Å². The monoisotopic (exact) mass is 714 g/mol. The number of hydrogen-bond donors (Lipinski definition) is 0. The molecular formula is C50H30N6. The summed E-state index contributed by atoms with van der Waals surface area (Å²) in [6.45, 7) is 8.44. The predicted octanol–water partition coefficient (Wildman–Crippen LogP) is 12.7. The average Bonchev–Trinajstić information content (AvgIpc) is 3.29. The van der Waals surface area contributed by atoms with E-state index in [0.29, 0.717) is 22.5 Å². The standard InChI is InChI=1S/C50H30N6/c1-51-43-30-39-44(49-48(43)55-45(33-20-8-3-9-21-33)46(56-49)34-22-10-4-11-23-34)38-28-16-17-29-40(38)52-47(39)37-27-15-14-26-36(37)42-31-41(32-18-6-2-7-19-32)53-50(54-42)35-24-12-5-13-25-35/h2-31H. The van der Waals surface area contributed by atoms with Crippen molar-refractivity contribution in [2.45, 2.75) is 0 Å². The summed E-state index contributed by atoms with van der Waals surface area (Å²) >= 11 is 0. The molecule has 0 saturated heterocycles. The van der Waals surface area contributed by atoms with Crippen molar-refractivity contribution in [1.82, 2.24) is 24.9 Å². The summed E-state index contributed by atoms with van der Waals surface area (Å²) in [5.74, 6) is 0.632. The van der Waals surface area contributed by atoms with E-state index < -0.39 is 0 Å². The number of hydrogen-bond acceptors (Lipinski definition) is 5. The molecular weight excluding hydrogens is 685 g/mol. The third-order valence-corrected chi connectivity index (χ3v) is 10.1. The summed E-state index contributed by atoms with van der Waals surface area (Å²) in [4.78, 5) is 30.4. The molecule has 6 nitrogen and oxygen atoms in total. The first-order valence-corrected chi connectivity index (χ1v) is 18.4. The van der Waals surface area contributed by atoms with E-state index in [-0.39, 0.29) is 0 Å². The van der Waals surface area contributed by atoms with Crippen molar-refractivity contribution >= 4 is 38.4 Å². The molecule has 10 aromatic rings. The molecule has 0 saturated carbocycles. The maximum Gasteiger partial charge on any atom is 0.215 e. The van der Waals surface area contributed by atoms with Crippen molar-refractivity contribution in [1.29, 1.82) is 0 Å². The van der Waals surface area contributed by atoms with Crippen molar-refractivity contribution in [2.75, 3.05) is 0 Å². The number of aromatic nitrogens is 5. The van der Waals surface area contributed by atoms with Crippen LogP contribution in [0.5, 0.6) is 0 Å². The highest BCUT2D eigenvalue weighted by molar-refractivity contribution is 6.24. The second-order valence-electron chi connectivity index (χ2n) is 13.5. The molecule has 0 amide bonds. The van der Waals surface area contributed by atoms with Gasteiger partial charge in [0.25, 0.3) is 0 Å². The summed E-state index contributed by atoms with van der Waals surface area (Å²) in [5.41, 5.74) is 11.8. The smallest absolute Gasteiger partial charge is 0.215 e. The van der Waals surface area contributed by atoms with Gasteiger partial charge in [-0.15, -0.1) is 0 Å². The summed E-state index contributed by atoms with van der Waals surface area (Å²) in [7, 11) is 0. The van der Waals surface area contributed by atoms with Gasteiger partial charge < -0.3 is 0 Å². The second-order valence-corrected chi connectivity index (χ2v) is 13.5. The van der Waals surface area contributed by atoms with Gasteiger partial charge in [-0.25, -0.2) is 24.8 Å². The molecule has 0 aliphatic heterocycles. The Hall–Kier alpha value is -7.88. The topological polar surface area (TPSA) is 68.8 Å². The molecule has 0 N–H and O–H groups in total. The fourth-order valence-corrected chi connectivity index (χ4v) is 7.47. The van der Waals surface area contributed by atoms with Crippen LogP contribution in [0.25, 0.3) is 105 Å². The van der Waals surface area contributed by atoms with Gasteiger partial charge in [0, 0.05) is 49.5 Å². The third-order valence-electron chi connectivity index (χ3n) is 10.1. The van der Waals surface area contributed by atoms with E-state index in [1.807, 2.05) is 140 Å². The van der Waals surface area contributed by atoms with Crippen molar-refractivity contribution in [3.8, 4) is 67.7 Å². The first-order chi connectivity index (χ1) is 27.7. The molecule has 3 aromatic heterocycles. The van der Waals surface area contributed by atoms with Crippen LogP contribution in [0.2, 0.25) is 0 Å². The largest absolute Gasteiger partial charge is 0.255 e. The average molecular weight is 715 g/mol. The van der Waals surface area contributed by atoms with Gasteiger partial charge in [0.1, 0.15) is 0 Å². The number of fused-ring (bicyclic) bond motifs is 5. The molecule has 0 bridgehead atoms. The molecule has 10 rings (SSSR count). The van der Waals surface area contributed by atoms with E-state index >= 15 is 0 Å². The van der Waals surface area contributed by atoms with Crippen LogP contribution >= 0.6 is 0 Å². The molecule has 0 atom stereocenters. The maximum absolute atomic E-state index is 8.44. The number of para-hydroxylation sites is 1. The van der Waals surface area contributed by atoms with Crippen molar-refractivity contribution in [3.63, 3.8) is 0 Å². The van der Waals surface area contributed by atoms with Crippen molar-refractivity contribution in [2.24, 2.45) is 0 Å². The Morgan fingerprint density at radius 1 is 0.375 bits per heavy atom. The minimum absolute atomic E-state index is 0.410. The quantitative estimate of drug-likeness (QED) is 0.127. The lowest BCUT2D eigenvalue weighted by Crippen LogP contribution is -1.99. The summed E-state index contributed by atoms with van der Waals surface area (Å²) in [6.07, 6.45) is 0. The normalized spacial score (nSPS) is 11.2. The number of rotatable bonds is 6. The van der Waals surface area contributed by atoms with Crippen LogP contribution in [0.15, 0.2) is 182 Å². The lowest BCUT2D eigenvalue weighted by Gasteiger charge is -2.17. The molecule has 0 spiro atoms. The lowest BCUT2D eigenvalue weighted by atomic mass is 9.93. The van der Waals surface area contributed by atoms with E-state index in [1.165, 1.54) is 0 Å². The molecule has 6 heteroatoms. The zero-order valence-electron chi connectivity index (χ0n) is 30.0. The number of benzene rings is 7. The van der Waals surface area contributed by atoms with Crippen LogP contribution < -0.4 is 0 Å². The minimum Gasteiger partial charge on any atom is -0.255 e. The van der Waals surface area contributed by atoms with E-state index in [1.54, 1.807) is 0 Å². The molecule has 7 aromatic carbocycles. The molecule has 0 fully saturated rings. The van der Waals surface area contributed by atoms with E-state index in [0.717, 1.165) is 83.5 Å². The highest BCUT2D eigenvalue weighted by Gasteiger charge is 2.23. The van der Waals surface area contributed by atoms with Gasteiger partial charge in [0.05, 0.1) is 51.6 Å². The first-order valence-electron chi connectivity index (χ1n) is 18.4. The van der Waals surface area contributed by atoms with Crippen LogP contribution in [0, 0.1) is 6.57 Å². The Bertz CT molecular complexity index is 3070. The summed E-state index contributed by atoms with van der Waals surface area (Å²) < 4.78 is 0. The van der Waals surface area contributed by atoms with Crippen LogP contribution in [0.1, 0.15) is 0 Å². The zero-order valence-corrected chi connectivity index (χ0v) is 30.0.